The van der Waals surface area contributed by atoms with Crippen molar-refractivity contribution >= 4 is 23.5 Å². The largest absolute Gasteiger partial charge is 0.506 e. The topological polar surface area (TPSA) is 87.1 Å². The Balaban J connectivity index is 1.71. The zero-order chi connectivity index (χ0) is 15.9. The highest BCUT2D eigenvalue weighted by Gasteiger charge is 2.57. The van der Waals surface area contributed by atoms with Crippen LogP contribution in [0.5, 0.6) is 5.75 Å². The average molecular weight is 326 g/mol. The number of fused-ring (bicyclic) bond motifs is 1. The van der Waals surface area contributed by atoms with E-state index in [0.717, 1.165) is 0 Å². The molecular weight excluding hydrogens is 310 g/mol. The lowest BCUT2D eigenvalue weighted by molar-refractivity contribution is -0.149. The maximum Gasteiger partial charge on any atom is 0.314 e. The quantitative estimate of drug-likeness (QED) is 0.870. The molecule has 2 saturated heterocycles. The third-order valence-corrected chi connectivity index (χ3v) is 4.82. The van der Waals surface area contributed by atoms with E-state index < -0.39 is 11.4 Å². The predicted octanol–water partition coefficient (Wildman–Crippen LogP) is 1.15. The van der Waals surface area contributed by atoms with Crippen molar-refractivity contribution in [3.8, 4) is 5.75 Å². The van der Waals surface area contributed by atoms with Crippen molar-refractivity contribution in [3.63, 3.8) is 0 Å². The minimum absolute atomic E-state index is 0.0319. The molecule has 1 amide bonds. The van der Waals surface area contributed by atoms with Gasteiger partial charge in [0, 0.05) is 19.0 Å². The number of halogens is 1. The first-order valence-electron chi connectivity index (χ1n) is 6.99. The second-order valence-electron chi connectivity index (χ2n) is 5.91. The molecule has 3 rings (SSSR count). The number of phenolic OH excluding ortho intramolecular Hbond substituents is 1. The van der Waals surface area contributed by atoms with Crippen LogP contribution in [-0.2, 0) is 20.7 Å². The third-order valence-electron chi connectivity index (χ3n) is 4.52. The molecule has 0 spiro atoms. The van der Waals surface area contributed by atoms with Crippen LogP contribution in [0.4, 0.5) is 0 Å². The predicted molar refractivity (Wildman–Crippen MR) is 77.8 cm³/mol. The van der Waals surface area contributed by atoms with Crippen LogP contribution in [0.25, 0.3) is 0 Å². The van der Waals surface area contributed by atoms with Crippen LogP contribution in [0, 0.1) is 11.3 Å². The number of phenols is 1. The number of likely N-dealkylation sites (tertiary alicyclic amines) is 1. The Hall–Kier alpha value is -1.79. The standard InChI is InChI=1S/C15H16ClNO5/c16-11-3-9(1-2-12(11)18)4-13(19)17-5-10-6-22-8-15(10,7-17)14(20)21/h1-3,10,18H,4-8H2,(H,20,21)/t10-,15-/m1/s1. The Kier molecular flexibility index (Phi) is 3.74. The molecule has 2 N–H and O–H groups in total. The number of carboxylic acids is 1. The van der Waals surface area contributed by atoms with Gasteiger partial charge in [0.25, 0.3) is 0 Å². The van der Waals surface area contributed by atoms with Crippen molar-refractivity contribution in [3.05, 3.63) is 28.8 Å². The Labute approximate surface area is 132 Å². The van der Waals surface area contributed by atoms with Crippen molar-refractivity contribution in [2.75, 3.05) is 26.3 Å². The molecule has 0 bridgehead atoms. The Morgan fingerprint density at radius 1 is 1.45 bits per heavy atom. The molecule has 6 nitrogen and oxygen atoms in total. The van der Waals surface area contributed by atoms with E-state index in [-0.39, 0.29) is 42.2 Å². The van der Waals surface area contributed by atoms with Gasteiger partial charge in [0.2, 0.25) is 5.91 Å². The summed E-state index contributed by atoms with van der Waals surface area (Å²) < 4.78 is 5.29. The number of aliphatic carboxylic acids is 1. The molecule has 118 valence electrons. The molecule has 2 aliphatic heterocycles. The maximum absolute atomic E-state index is 12.4. The highest BCUT2D eigenvalue weighted by molar-refractivity contribution is 6.32. The van der Waals surface area contributed by atoms with E-state index in [1.807, 2.05) is 0 Å². The second-order valence-corrected chi connectivity index (χ2v) is 6.32. The molecular formula is C15H16ClNO5. The number of benzene rings is 1. The number of carboxylic acid groups (broad SMARTS) is 1. The number of ether oxygens (including phenoxy) is 1. The van der Waals surface area contributed by atoms with Crippen molar-refractivity contribution in [2.24, 2.45) is 11.3 Å². The summed E-state index contributed by atoms with van der Waals surface area (Å²) in [7, 11) is 0. The molecule has 0 aliphatic carbocycles. The van der Waals surface area contributed by atoms with Gasteiger partial charge < -0.3 is 19.8 Å². The highest BCUT2D eigenvalue weighted by Crippen LogP contribution is 2.41. The van der Waals surface area contributed by atoms with Gasteiger partial charge in [-0.1, -0.05) is 17.7 Å². The molecule has 0 unspecified atom stereocenters. The number of nitrogens with zero attached hydrogens (tertiary/aromatic N) is 1. The van der Waals surface area contributed by atoms with E-state index in [1.165, 1.54) is 6.07 Å². The van der Waals surface area contributed by atoms with Gasteiger partial charge in [-0.2, -0.15) is 0 Å². The lowest BCUT2D eigenvalue weighted by Gasteiger charge is -2.22. The van der Waals surface area contributed by atoms with Crippen LogP contribution < -0.4 is 0 Å². The summed E-state index contributed by atoms with van der Waals surface area (Å²) in [5.41, 5.74) is -0.284. The fraction of sp³-hybridized carbons (Fsp3) is 0.467. The zero-order valence-electron chi connectivity index (χ0n) is 11.8. The molecule has 0 saturated carbocycles. The fourth-order valence-electron chi connectivity index (χ4n) is 3.17. The smallest absolute Gasteiger partial charge is 0.314 e. The lowest BCUT2D eigenvalue weighted by atomic mass is 9.81. The summed E-state index contributed by atoms with van der Waals surface area (Å²) in [5.74, 6) is -1.23. The van der Waals surface area contributed by atoms with Gasteiger partial charge in [-0.25, -0.2) is 0 Å². The first-order chi connectivity index (χ1) is 10.4. The van der Waals surface area contributed by atoms with Crippen LogP contribution in [-0.4, -0.2) is 53.3 Å². The van der Waals surface area contributed by atoms with E-state index in [9.17, 15) is 19.8 Å². The molecule has 2 aliphatic rings. The van der Waals surface area contributed by atoms with Crippen LogP contribution in [0.15, 0.2) is 18.2 Å². The van der Waals surface area contributed by atoms with Gasteiger partial charge in [0.1, 0.15) is 11.2 Å². The van der Waals surface area contributed by atoms with E-state index >= 15 is 0 Å². The number of carbonyl (C=O) groups is 2. The highest BCUT2D eigenvalue weighted by atomic mass is 35.5. The van der Waals surface area contributed by atoms with Gasteiger partial charge in [-0.3, -0.25) is 9.59 Å². The molecule has 0 radical (unpaired) electrons. The van der Waals surface area contributed by atoms with E-state index in [0.29, 0.717) is 18.7 Å². The molecule has 2 atom stereocenters. The van der Waals surface area contributed by atoms with Crippen LogP contribution in [0.2, 0.25) is 5.02 Å². The van der Waals surface area contributed by atoms with Crippen LogP contribution in [0.1, 0.15) is 5.56 Å². The van der Waals surface area contributed by atoms with Crippen LogP contribution >= 0.6 is 11.6 Å². The van der Waals surface area contributed by atoms with Crippen LogP contribution in [0.3, 0.4) is 0 Å². The zero-order valence-corrected chi connectivity index (χ0v) is 12.5. The first-order valence-corrected chi connectivity index (χ1v) is 7.36. The molecule has 0 aromatic heterocycles. The number of hydrogen-bond acceptors (Lipinski definition) is 4. The maximum atomic E-state index is 12.4. The lowest BCUT2D eigenvalue weighted by Crippen LogP contribution is -2.40. The third kappa shape index (κ3) is 2.42. The SMILES string of the molecule is O=C(Cc1ccc(O)c(Cl)c1)N1C[C@@H]2COC[C@]2(C(=O)O)C1. The minimum atomic E-state index is -0.970. The van der Waals surface area contributed by atoms with Gasteiger partial charge in [-0.15, -0.1) is 0 Å². The van der Waals surface area contributed by atoms with Crippen molar-refractivity contribution in [1.29, 1.82) is 0 Å². The summed E-state index contributed by atoms with van der Waals surface area (Å²) >= 11 is 5.83. The summed E-state index contributed by atoms with van der Waals surface area (Å²) in [6.45, 7) is 1.11. The Morgan fingerprint density at radius 2 is 2.23 bits per heavy atom. The number of hydrogen-bond donors (Lipinski definition) is 2. The fourth-order valence-corrected chi connectivity index (χ4v) is 3.38. The molecule has 1 aromatic rings. The van der Waals surface area contributed by atoms with E-state index in [1.54, 1.807) is 17.0 Å². The van der Waals surface area contributed by atoms with Crippen molar-refractivity contribution in [2.45, 2.75) is 6.42 Å². The number of rotatable bonds is 3. The van der Waals surface area contributed by atoms with Crippen molar-refractivity contribution < 1.29 is 24.5 Å². The molecule has 1 aromatic carbocycles. The Bertz CT molecular complexity index is 634. The molecule has 22 heavy (non-hydrogen) atoms. The van der Waals surface area contributed by atoms with E-state index in [4.69, 9.17) is 16.3 Å². The van der Waals surface area contributed by atoms with E-state index in [2.05, 4.69) is 0 Å². The van der Waals surface area contributed by atoms with Gasteiger partial charge >= 0.3 is 5.97 Å². The van der Waals surface area contributed by atoms with Gasteiger partial charge in [0.15, 0.2) is 0 Å². The number of aromatic hydroxyl groups is 1. The minimum Gasteiger partial charge on any atom is -0.506 e. The number of carbonyl (C=O) groups excluding carboxylic acids is 1. The number of amides is 1. The summed E-state index contributed by atoms with van der Waals surface area (Å²) in [4.78, 5) is 25.5. The monoisotopic (exact) mass is 325 g/mol. The summed E-state index contributed by atoms with van der Waals surface area (Å²) in [5, 5.41) is 19.0. The molecule has 2 fully saturated rings. The van der Waals surface area contributed by atoms with Gasteiger partial charge in [-0.05, 0) is 17.7 Å². The summed E-state index contributed by atoms with van der Waals surface area (Å²) in [6.07, 6.45) is 0.128. The first kappa shape index (κ1) is 15.1. The van der Waals surface area contributed by atoms with Crippen molar-refractivity contribution in [1.82, 2.24) is 4.90 Å². The van der Waals surface area contributed by atoms with Gasteiger partial charge in [0.05, 0.1) is 24.7 Å². The molecule has 7 heteroatoms. The summed E-state index contributed by atoms with van der Waals surface area (Å²) in [6, 6.07) is 4.62. The second kappa shape index (κ2) is 5.44. The molecule has 2 heterocycles. The Morgan fingerprint density at radius 3 is 2.86 bits per heavy atom. The average Bonchev–Trinajstić information content (AvgIpc) is 3.00. The normalized spacial score (nSPS) is 27.0.